The molecule has 0 saturated heterocycles. The van der Waals surface area contributed by atoms with E-state index in [0.717, 1.165) is 11.3 Å². The SMILES string of the molecule is COc1ccc(OC)c(NC(=O)Nc2cccc(-c3ccc4nncn4n3)c2)c1. The van der Waals surface area contributed by atoms with Gasteiger partial charge in [0, 0.05) is 17.3 Å². The van der Waals surface area contributed by atoms with Crippen molar-refractivity contribution in [1.82, 2.24) is 19.8 Å². The molecule has 2 heterocycles. The number of anilines is 2. The maximum absolute atomic E-state index is 12.5. The fourth-order valence-corrected chi connectivity index (χ4v) is 2.84. The Morgan fingerprint density at radius 2 is 1.90 bits per heavy atom. The highest BCUT2D eigenvalue weighted by molar-refractivity contribution is 6.01. The van der Waals surface area contributed by atoms with Gasteiger partial charge in [0.1, 0.15) is 17.8 Å². The highest BCUT2D eigenvalue weighted by Crippen LogP contribution is 2.29. The number of benzene rings is 2. The van der Waals surface area contributed by atoms with Gasteiger partial charge in [0.05, 0.1) is 25.6 Å². The molecule has 0 spiro atoms. The van der Waals surface area contributed by atoms with Gasteiger partial charge in [0.25, 0.3) is 0 Å². The molecule has 29 heavy (non-hydrogen) atoms. The molecule has 2 aromatic carbocycles. The van der Waals surface area contributed by atoms with Gasteiger partial charge in [-0.1, -0.05) is 12.1 Å². The minimum absolute atomic E-state index is 0.407. The Morgan fingerprint density at radius 1 is 1.00 bits per heavy atom. The smallest absolute Gasteiger partial charge is 0.323 e. The van der Waals surface area contributed by atoms with Crippen molar-refractivity contribution in [2.45, 2.75) is 0 Å². The quantitative estimate of drug-likeness (QED) is 0.541. The summed E-state index contributed by atoms with van der Waals surface area (Å²) in [5.74, 6) is 1.14. The zero-order valence-corrected chi connectivity index (χ0v) is 15.8. The lowest BCUT2D eigenvalue weighted by Crippen LogP contribution is -2.19. The van der Waals surface area contributed by atoms with Crippen molar-refractivity contribution < 1.29 is 14.3 Å². The number of ether oxygens (including phenoxy) is 2. The van der Waals surface area contributed by atoms with Crippen molar-refractivity contribution in [1.29, 1.82) is 0 Å². The molecular formula is C20H18N6O3. The number of carbonyl (C=O) groups excluding carboxylic acids is 1. The third kappa shape index (κ3) is 3.93. The number of methoxy groups -OCH3 is 2. The molecule has 2 aromatic heterocycles. The maximum Gasteiger partial charge on any atom is 0.323 e. The van der Waals surface area contributed by atoms with Crippen LogP contribution in [0.5, 0.6) is 11.5 Å². The number of rotatable bonds is 5. The van der Waals surface area contributed by atoms with Crippen molar-refractivity contribution in [2.75, 3.05) is 24.9 Å². The number of nitrogens with zero attached hydrogens (tertiary/aromatic N) is 4. The Bertz CT molecular complexity index is 1170. The van der Waals surface area contributed by atoms with Crippen molar-refractivity contribution in [3.05, 3.63) is 60.9 Å². The second kappa shape index (κ2) is 7.85. The molecule has 4 aromatic rings. The number of amides is 2. The Labute approximate surface area is 166 Å². The summed E-state index contributed by atoms with van der Waals surface area (Å²) in [4.78, 5) is 12.5. The lowest BCUT2D eigenvalue weighted by Gasteiger charge is -2.13. The Hall–Kier alpha value is -4.14. The van der Waals surface area contributed by atoms with Crippen LogP contribution >= 0.6 is 0 Å². The van der Waals surface area contributed by atoms with E-state index in [9.17, 15) is 4.79 Å². The van der Waals surface area contributed by atoms with Gasteiger partial charge in [0.15, 0.2) is 5.65 Å². The van der Waals surface area contributed by atoms with Gasteiger partial charge in [-0.25, -0.2) is 4.79 Å². The number of hydrogen-bond donors (Lipinski definition) is 2. The van der Waals surface area contributed by atoms with Gasteiger partial charge in [-0.15, -0.1) is 10.2 Å². The van der Waals surface area contributed by atoms with E-state index >= 15 is 0 Å². The van der Waals surface area contributed by atoms with Gasteiger partial charge in [-0.3, -0.25) is 0 Å². The molecule has 0 aliphatic heterocycles. The van der Waals surface area contributed by atoms with E-state index in [1.165, 1.54) is 13.4 Å². The van der Waals surface area contributed by atoms with Crippen molar-refractivity contribution in [2.24, 2.45) is 0 Å². The molecule has 0 unspecified atom stereocenters. The number of urea groups is 1. The molecule has 0 fully saturated rings. The van der Waals surface area contributed by atoms with E-state index in [1.54, 1.807) is 35.9 Å². The second-order valence-corrected chi connectivity index (χ2v) is 6.08. The summed E-state index contributed by atoms with van der Waals surface area (Å²) < 4.78 is 12.1. The van der Waals surface area contributed by atoms with Crippen LogP contribution < -0.4 is 20.1 Å². The Morgan fingerprint density at radius 3 is 2.72 bits per heavy atom. The number of nitrogens with one attached hydrogen (secondary N) is 2. The topological polar surface area (TPSA) is 103 Å². The van der Waals surface area contributed by atoms with Crippen LogP contribution in [0.1, 0.15) is 0 Å². The van der Waals surface area contributed by atoms with Crippen molar-refractivity contribution in [3.8, 4) is 22.8 Å². The van der Waals surface area contributed by atoms with Gasteiger partial charge < -0.3 is 20.1 Å². The summed E-state index contributed by atoms with van der Waals surface area (Å²) in [6.07, 6.45) is 1.54. The first kappa shape index (κ1) is 18.2. The molecule has 0 radical (unpaired) electrons. The predicted octanol–water partition coefficient (Wildman–Crippen LogP) is 3.45. The molecular weight excluding hydrogens is 372 g/mol. The summed E-state index contributed by atoms with van der Waals surface area (Å²) in [5, 5.41) is 17.8. The lowest BCUT2D eigenvalue weighted by molar-refractivity contribution is 0.262. The van der Waals surface area contributed by atoms with E-state index in [0.29, 0.717) is 28.5 Å². The van der Waals surface area contributed by atoms with E-state index in [2.05, 4.69) is 25.9 Å². The summed E-state index contributed by atoms with van der Waals surface area (Å²) in [7, 11) is 3.09. The molecule has 146 valence electrons. The highest BCUT2D eigenvalue weighted by Gasteiger charge is 2.10. The van der Waals surface area contributed by atoms with Gasteiger partial charge in [0.2, 0.25) is 0 Å². The second-order valence-electron chi connectivity index (χ2n) is 6.08. The first-order chi connectivity index (χ1) is 14.2. The molecule has 0 aliphatic carbocycles. The Balaban J connectivity index is 1.52. The molecule has 2 amide bonds. The number of hydrogen-bond acceptors (Lipinski definition) is 6. The lowest BCUT2D eigenvalue weighted by atomic mass is 10.1. The number of fused-ring (bicyclic) bond motifs is 1. The summed E-state index contributed by atoms with van der Waals surface area (Å²) >= 11 is 0. The maximum atomic E-state index is 12.5. The molecule has 9 nitrogen and oxygen atoms in total. The van der Waals surface area contributed by atoms with Crippen LogP contribution in [0.2, 0.25) is 0 Å². The van der Waals surface area contributed by atoms with E-state index in [4.69, 9.17) is 9.47 Å². The molecule has 0 aliphatic rings. The monoisotopic (exact) mass is 390 g/mol. The van der Waals surface area contributed by atoms with Crippen LogP contribution in [0.3, 0.4) is 0 Å². The van der Waals surface area contributed by atoms with E-state index in [1.807, 2.05) is 30.3 Å². The zero-order valence-electron chi connectivity index (χ0n) is 15.8. The normalized spacial score (nSPS) is 10.6. The first-order valence-electron chi connectivity index (χ1n) is 8.74. The largest absolute Gasteiger partial charge is 0.497 e. The van der Waals surface area contributed by atoms with Gasteiger partial charge in [-0.2, -0.15) is 9.61 Å². The summed E-state index contributed by atoms with van der Waals surface area (Å²) in [6, 6.07) is 15.8. The third-order valence-electron chi connectivity index (χ3n) is 4.23. The van der Waals surface area contributed by atoms with Gasteiger partial charge in [-0.05, 0) is 36.4 Å². The van der Waals surface area contributed by atoms with Crippen molar-refractivity contribution in [3.63, 3.8) is 0 Å². The third-order valence-corrected chi connectivity index (χ3v) is 4.23. The fraction of sp³-hybridized carbons (Fsp3) is 0.100. The molecule has 0 bridgehead atoms. The van der Waals surface area contributed by atoms with Crippen LogP contribution in [-0.2, 0) is 0 Å². The number of aromatic nitrogens is 4. The summed E-state index contributed by atoms with van der Waals surface area (Å²) in [6.45, 7) is 0. The predicted molar refractivity (Wildman–Crippen MR) is 108 cm³/mol. The molecule has 9 heteroatoms. The van der Waals surface area contributed by atoms with Crippen LogP contribution in [0.15, 0.2) is 60.9 Å². The highest BCUT2D eigenvalue weighted by atomic mass is 16.5. The van der Waals surface area contributed by atoms with Crippen LogP contribution in [0, 0.1) is 0 Å². The minimum Gasteiger partial charge on any atom is -0.497 e. The van der Waals surface area contributed by atoms with Crippen LogP contribution in [0.4, 0.5) is 16.2 Å². The van der Waals surface area contributed by atoms with E-state index < -0.39 is 6.03 Å². The molecule has 0 saturated carbocycles. The standard InChI is InChI=1S/C20H18N6O3/c1-28-15-6-8-18(29-2)17(11-15)23-20(27)22-14-5-3-4-13(10-14)16-7-9-19-24-21-12-26(19)25-16/h3-12H,1-2H3,(H2,22,23,27). The number of carbonyl (C=O) groups is 1. The van der Waals surface area contributed by atoms with Crippen LogP contribution in [-0.4, -0.2) is 40.1 Å². The average Bonchev–Trinajstić information content (AvgIpc) is 3.21. The first-order valence-corrected chi connectivity index (χ1v) is 8.74. The van der Waals surface area contributed by atoms with E-state index in [-0.39, 0.29) is 0 Å². The molecule has 2 N–H and O–H groups in total. The fourth-order valence-electron chi connectivity index (χ4n) is 2.84. The molecule has 0 atom stereocenters. The average molecular weight is 390 g/mol. The van der Waals surface area contributed by atoms with Crippen LogP contribution in [0.25, 0.3) is 16.9 Å². The minimum atomic E-state index is -0.407. The van der Waals surface area contributed by atoms with Crippen molar-refractivity contribution >= 4 is 23.1 Å². The summed E-state index contributed by atoms with van der Waals surface area (Å²) in [5.41, 5.74) is 3.36. The molecule has 4 rings (SSSR count). The zero-order chi connectivity index (χ0) is 20.2. The Kier molecular flexibility index (Phi) is 4.93. The van der Waals surface area contributed by atoms with Gasteiger partial charge >= 0.3 is 6.03 Å².